The number of hydrogen-bond donors (Lipinski definition) is 2. The summed E-state index contributed by atoms with van der Waals surface area (Å²) in [6.45, 7) is 1.09. The van der Waals surface area contributed by atoms with Gasteiger partial charge in [0.2, 0.25) is 5.90 Å². The molecule has 0 radical (unpaired) electrons. The van der Waals surface area contributed by atoms with Crippen LogP contribution in [0.2, 0.25) is 0 Å². The lowest BCUT2D eigenvalue weighted by Crippen LogP contribution is -2.52. The van der Waals surface area contributed by atoms with Crippen molar-refractivity contribution < 1.29 is 32.2 Å². The van der Waals surface area contributed by atoms with Gasteiger partial charge in [0, 0.05) is 25.1 Å². The van der Waals surface area contributed by atoms with Gasteiger partial charge < -0.3 is 19.9 Å². The van der Waals surface area contributed by atoms with Crippen LogP contribution in [0.25, 0.3) is 0 Å². The highest BCUT2D eigenvalue weighted by atomic mass is 32.2. The summed E-state index contributed by atoms with van der Waals surface area (Å²) in [5.74, 6) is -0.117. The van der Waals surface area contributed by atoms with E-state index in [2.05, 4.69) is 10.3 Å². The number of rotatable bonds is 12. The van der Waals surface area contributed by atoms with Crippen LogP contribution in [-0.4, -0.2) is 69.2 Å². The molecule has 3 rings (SSSR count). The molecular formula is C24H29FN2O6S. The summed E-state index contributed by atoms with van der Waals surface area (Å²) < 4.78 is 49.9. The molecule has 8 nitrogen and oxygen atoms in total. The van der Waals surface area contributed by atoms with E-state index in [4.69, 9.17) is 14.6 Å². The van der Waals surface area contributed by atoms with Crippen LogP contribution in [0.4, 0.5) is 4.39 Å². The maximum absolute atomic E-state index is 13.1. The first-order valence-electron chi connectivity index (χ1n) is 11.0. The summed E-state index contributed by atoms with van der Waals surface area (Å²) in [4.78, 5) is 17.8. The predicted octanol–water partition coefficient (Wildman–Crippen LogP) is 2.30. The smallest absolute Gasteiger partial charge is 0.252 e. The zero-order valence-electron chi connectivity index (χ0n) is 18.9. The molecule has 1 heterocycles. The van der Waals surface area contributed by atoms with Crippen molar-refractivity contribution in [3.63, 3.8) is 0 Å². The van der Waals surface area contributed by atoms with Gasteiger partial charge in [-0.05, 0) is 49.7 Å². The average molecular weight is 493 g/mol. The van der Waals surface area contributed by atoms with E-state index in [1.165, 1.54) is 12.1 Å². The van der Waals surface area contributed by atoms with Gasteiger partial charge in [-0.1, -0.05) is 18.2 Å². The lowest BCUT2D eigenvalue weighted by atomic mass is 9.90. The monoisotopic (exact) mass is 492 g/mol. The molecule has 0 fully saturated rings. The summed E-state index contributed by atoms with van der Waals surface area (Å²) in [7, 11) is -3.68. The number of ether oxygens (including phenoxy) is 2. The minimum absolute atomic E-state index is 0.0349. The molecule has 0 bridgehead atoms. The number of aliphatic imine (C=N–C) groups is 1. The standard InChI is InChI=1S/C24H29FN2O6S/c1-18-24(23(29)26-14-13-25,12-17-34(30,31)21-6-3-2-4-7-21)27-22(33-18)19-8-10-20(11-9-19)32-16-5-15-28/h2-4,6-11,18,28H,5,12-17H2,1H3,(H,26,29)/t18-,24-/m1/s1. The third-order valence-electron chi connectivity index (χ3n) is 5.56. The number of benzene rings is 2. The van der Waals surface area contributed by atoms with E-state index in [-0.39, 0.29) is 36.1 Å². The molecule has 0 unspecified atom stereocenters. The number of nitrogens with zero attached hydrogens (tertiary/aromatic N) is 1. The minimum atomic E-state index is -3.68. The number of sulfone groups is 1. The SMILES string of the molecule is C[C@H]1OC(c2ccc(OCCCO)cc2)=N[C@@]1(CCS(=O)(=O)c1ccccc1)C(=O)NCCF. The van der Waals surface area contributed by atoms with Crippen molar-refractivity contribution in [3.8, 4) is 5.75 Å². The van der Waals surface area contributed by atoms with Crippen LogP contribution in [0, 0.1) is 0 Å². The summed E-state index contributed by atoms with van der Waals surface area (Å²) >= 11 is 0. The Morgan fingerprint density at radius 3 is 2.56 bits per heavy atom. The Labute approximate surface area is 198 Å². The molecule has 0 spiro atoms. The number of nitrogens with one attached hydrogen (secondary N) is 1. The number of amides is 1. The molecule has 2 atom stereocenters. The minimum Gasteiger partial charge on any atom is -0.494 e. The van der Waals surface area contributed by atoms with E-state index in [0.717, 1.165) is 0 Å². The number of alkyl halides is 1. The Balaban J connectivity index is 1.86. The van der Waals surface area contributed by atoms with Gasteiger partial charge in [0.1, 0.15) is 18.5 Å². The second-order valence-electron chi connectivity index (χ2n) is 7.88. The molecule has 1 aliphatic heterocycles. The largest absolute Gasteiger partial charge is 0.494 e. The first-order valence-corrected chi connectivity index (χ1v) is 12.7. The predicted molar refractivity (Wildman–Crippen MR) is 126 cm³/mol. The fourth-order valence-electron chi connectivity index (χ4n) is 3.60. The summed E-state index contributed by atoms with van der Waals surface area (Å²) in [6.07, 6.45) is -0.388. The van der Waals surface area contributed by atoms with Crippen molar-refractivity contribution in [2.24, 2.45) is 4.99 Å². The van der Waals surface area contributed by atoms with Crippen molar-refractivity contribution >= 4 is 21.6 Å². The van der Waals surface area contributed by atoms with Crippen LogP contribution in [0.5, 0.6) is 5.75 Å². The molecular weight excluding hydrogens is 463 g/mol. The number of aliphatic hydroxyl groups excluding tert-OH is 1. The van der Waals surface area contributed by atoms with E-state index in [1.54, 1.807) is 49.4 Å². The third-order valence-corrected chi connectivity index (χ3v) is 7.29. The fourth-order valence-corrected chi connectivity index (χ4v) is 4.99. The molecule has 10 heteroatoms. The van der Waals surface area contributed by atoms with Crippen LogP contribution in [0.15, 0.2) is 64.5 Å². The molecule has 1 aliphatic rings. The van der Waals surface area contributed by atoms with Crippen LogP contribution >= 0.6 is 0 Å². The lowest BCUT2D eigenvalue weighted by molar-refractivity contribution is -0.128. The highest BCUT2D eigenvalue weighted by Gasteiger charge is 2.50. The maximum atomic E-state index is 13.1. The molecule has 2 aromatic rings. The molecule has 1 amide bonds. The van der Waals surface area contributed by atoms with Gasteiger partial charge in [-0.3, -0.25) is 4.79 Å². The van der Waals surface area contributed by atoms with Crippen LogP contribution < -0.4 is 10.1 Å². The average Bonchev–Trinajstić information content (AvgIpc) is 3.19. The van der Waals surface area contributed by atoms with E-state index >= 15 is 0 Å². The number of hydrogen-bond acceptors (Lipinski definition) is 7. The van der Waals surface area contributed by atoms with Gasteiger partial charge in [0.05, 0.1) is 17.3 Å². The summed E-state index contributed by atoms with van der Waals surface area (Å²) in [5, 5.41) is 11.4. The fraction of sp³-hybridized carbons (Fsp3) is 0.417. The number of carbonyl (C=O) groups is 1. The zero-order valence-corrected chi connectivity index (χ0v) is 19.8. The first-order chi connectivity index (χ1) is 16.3. The third kappa shape index (κ3) is 5.92. The van der Waals surface area contributed by atoms with Crippen molar-refractivity contribution in [2.75, 3.05) is 32.2 Å². The quantitative estimate of drug-likeness (QED) is 0.440. The second kappa shape index (κ2) is 11.4. The van der Waals surface area contributed by atoms with E-state index < -0.39 is 34.1 Å². The van der Waals surface area contributed by atoms with Gasteiger partial charge in [-0.25, -0.2) is 17.8 Å². The molecule has 2 aromatic carbocycles. The molecule has 34 heavy (non-hydrogen) atoms. The highest BCUT2D eigenvalue weighted by Crippen LogP contribution is 2.33. The van der Waals surface area contributed by atoms with Gasteiger partial charge in [-0.15, -0.1) is 0 Å². The first kappa shape index (κ1) is 25.6. The van der Waals surface area contributed by atoms with Crippen molar-refractivity contribution in [1.82, 2.24) is 5.32 Å². The van der Waals surface area contributed by atoms with E-state index in [9.17, 15) is 17.6 Å². The van der Waals surface area contributed by atoms with E-state index in [1.807, 2.05) is 0 Å². The van der Waals surface area contributed by atoms with Crippen LogP contribution in [-0.2, 0) is 19.4 Å². The topological polar surface area (TPSA) is 114 Å². The Bertz CT molecular complexity index is 1090. The molecule has 0 aromatic heterocycles. The molecule has 2 N–H and O–H groups in total. The Hall–Kier alpha value is -2.98. The highest BCUT2D eigenvalue weighted by molar-refractivity contribution is 7.91. The normalized spacial score (nSPS) is 19.9. The number of carbonyl (C=O) groups excluding carboxylic acids is 1. The number of aliphatic hydroxyl groups is 1. The lowest BCUT2D eigenvalue weighted by Gasteiger charge is -2.27. The van der Waals surface area contributed by atoms with E-state index in [0.29, 0.717) is 24.3 Å². The van der Waals surface area contributed by atoms with Gasteiger partial charge >= 0.3 is 0 Å². The Morgan fingerprint density at radius 2 is 1.91 bits per heavy atom. The molecule has 0 saturated carbocycles. The Morgan fingerprint density at radius 1 is 1.21 bits per heavy atom. The van der Waals surface area contributed by atoms with Gasteiger partial charge in [-0.2, -0.15) is 0 Å². The Kier molecular flexibility index (Phi) is 8.62. The van der Waals surface area contributed by atoms with Gasteiger partial charge in [0.25, 0.3) is 5.91 Å². The van der Waals surface area contributed by atoms with Crippen LogP contribution in [0.3, 0.4) is 0 Å². The zero-order chi connectivity index (χ0) is 24.6. The van der Waals surface area contributed by atoms with Gasteiger partial charge in [0.15, 0.2) is 15.4 Å². The molecule has 0 aliphatic carbocycles. The second-order valence-corrected chi connectivity index (χ2v) is 9.99. The van der Waals surface area contributed by atoms with Crippen molar-refractivity contribution in [2.45, 2.75) is 36.3 Å². The maximum Gasteiger partial charge on any atom is 0.252 e. The summed E-state index contributed by atoms with van der Waals surface area (Å²) in [6, 6.07) is 14.8. The summed E-state index contributed by atoms with van der Waals surface area (Å²) in [5.41, 5.74) is -0.935. The van der Waals surface area contributed by atoms with Crippen molar-refractivity contribution in [1.29, 1.82) is 0 Å². The molecule has 0 saturated heterocycles. The molecule has 184 valence electrons. The van der Waals surface area contributed by atoms with Crippen LogP contribution in [0.1, 0.15) is 25.3 Å². The van der Waals surface area contributed by atoms with Crippen molar-refractivity contribution in [3.05, 3.63) is 60.2 Å². The number of halogens is 1.